The van der Waals surface area contributed by atoms with Crippen molar-refractivity contribution < 1.29 is 18.0 Å². The highest BCUT2D eigenvalue weighted by Gasteiger charge is 2.29. The predicted octanol–water partition coefficient (Wildman–Crippen LogP) is 3.26. The van der Waals surface area contributed by atoms with Crippen LogP contribution in [0.25, 0.3) is 0 Å². The van der Waals surface area contributed by atoms with E-state index in [-0.39, 0.29) is 11.7 Å². The number of thioether (sulfide) groups is 2. The number of carbonyl (C=O) groups excluding carboxylic acids is 1. The van der Waals surface area contributed by atoms with E-state index in [1.807, 2.05) is 13.8 Å². The number of hydrogen-bond donors (Lipinski definition) is 1. The van der Waals surface area contributed by atoms with Gasteiger partial charge in [-0.25, -0.2) is 4.68 Å². The molecule has 0 saturated carbocycles. The number of rotatable bonds is 8. The van der Waals surface area contributed by atoms with Crippen molar-refractivity contribution in [2.24, 2.45) is 0 Å². The lowest BCUT2D eigenvalue weighted by molar-refractivity contribution is -0.137. The number of alkyl halides is 3. The molecule has 0 radical (unpaired) electrons. The van der Waals surface area contributed by atoms with Crippen LogP contribution in [-0.4, -0.2) is 44.5 Å². The fourth-order valence-electron chi connectivity index (χ4n) is 2.19. The Hall–Kier alpha value is -1.88. The second-order valence-corrected chi connectivity index (χ2v) is 7.36. The van der Waals surface area contributed by atoms with Gasteiger partial charge in [-0.3, -0.25) is 4.79 Å². The molecule has 1 heterocycles. The lowest BCUT2D eigenvalue weighted by Gasteiger charge is -2.17. The summed E-state index contributed by atoms with van der Waals surface area (Å²) in [5.74, 6) is 6.55. The minimum Gasteiger partial charge on any atom is -0.343 e. The van der Waals surface area contributed by atoms with Crippen LogP contribution in [0.2, 0.25) is 0 Å². The van der Waals surface area contributed by atoms with Crippen molar-refractivity contribution in [1.82, 2.24) is 19.8 Å². The van der Waals surface area contributed by atoms with Gasteiger partial charge in [-0.05, 0) is 31.5 Å². The molecule has 0 aliphatic heterocycles. The number of aromatic nitrogens is 3. The molecular weight excluding hydrogens is 399 g/mol. The normalized spacial score (nSPS) is 11.6. The first-order valence-electron chi connectivity index (χ1n) is 8.16. The number of nitrogens with two attached hydrogens (primary N) is 1. The molecule has 1 amide bonds. The van der Waals surface area contributed by atoms with Crippen molar-refractivity contribution in [2.45, 2.75) is 36.1 Å². The molecule has 0 unspecified atom stereocenters. The molecule has 2 aromatic rings. The van der Waals surface area contributed by atoms with Gasteiger partial charge >= 0.3 is 6.18 Å². The zero-order chi connectivity index (χ0) is 20.0. The summed E-state index contributed by atoms with van der Waals surface area (Å²) in [5.41, 5.74) is 0.0247. The second kappa shape index (κ2) is 9.36. The van der Waals surface area contributed by atoms with Gasteiger partial charge in [0.05, 0.1) is 11.3 Å². The van der Waals surface area contributed by atoms with E-state index in [4.69, 9.17) is 5.84 Å². The maximum Gasteiger partial charge on any atom is 0.416 e. The van der Waals surface area contributed by atoms with Crippen molar-refractivity contribution in [3.8, 4) is 0 Å². The van der Waals surface area contributed by atoms with Crippen LogP contribution in [0.15, 0.2) is 34.6 Å². The summed E-state index contributed by atoms with van der Waals surface area (Å²) in [6, 6.07) is 4.93. The average molecular weight is 419 g/mol. The Labute approximate surface area is 163 Å². The molecule has 0 spiro atoms. The Balaban J connectivity index is 1.92. The van der Waals surface area contributed by atoms with E-state index in [0.717, 1.165) is 12.1 Å². The highest BCUT2D eigenvalue weighted by atomic mass is 32.2. The van der Waals surface area contributed by atoms with Crippen LogP contribution in [0.5, 0.6) is 0 Å². The van der Waals surface area contributed by atoms with Crippen LogP contribution in [0.3, 0.4) is 0 Å². The van der Waals surface area contributed by atoms with Crippen molar-refractivity contribution in [3.05, 3.63) is 35.4 Å². The van der Waals surface area contributed by atoms with Gasteiger partial charge < -0.3 is 10.7 Å². The van der Waals surface area contributed by atoms with E-state index in [2.05, 4.69) is 10.2 Å². The van der Waals surface area contributed by atoms with Crippen molar-refractivity contribution in [3.63, 3.8) is 0 Å². The second-order valence-electron chi connectivity index (χ2n) is 5.47. The fourth-order valence-corrected chi connectivity index (χ4v) is 3.82. The molecule has 2 rings (SSSR count). The van der Waals surface area contributed by atoms with Crippen LogP contribution < -0.4 is 5.84 Å². The SMILES string of the molecule is CCN(CC)C(=O)CSc1nnc(SCc2ccc(C(F)(F)F)cc2)n1N. The van der Waals surface area contributed by atoms with Gasteiger partial charge in [-0.2, -0.15) is 13.2 Å². The monoisotopic (exact) mass is 419 g/mol. The Morgan fingerprint density at radius 1 is 1.11 bits per heavy atom. The average Bonchev–Trinajstić information content (AvgIpc) is 2.98. The van der Waals surface area contributed by atoms with Crippen LogP contribution in [0.4, 0.5) is 13.2 Å². The molecule has 1 aromatic carbocycles. The zero-order valence-corrected chi connectivity index (χ0v) is 16.5. The number of hydrogen-bond acceptors (Lipinski definition) is 6. The third kappa shape index (κ3) is 5.80. The molecule has 0 aliphatic carbocycles. The van der Waals surface area contributed by atoms with Crippen LogP contribution in [0.1, 0.15) is 25.0 Å². The van der Waals surface area contributed by atoms with E-state index in [1.54, 1.807) is 4.90 Å². The van der Waals surface area contributed by atoms with Gasteiger partial charge in [0.25, 0.3) is 0 Å². The van der Waals surface area contributed by atoms with Crippen LogP contribution >= 0.6 is 23.5 Å². The largest absolute Gasteiger partial charge is 0.416 e. The number of benzene rings is 1. The van der Waals surface area contributed by atoms with E-state index in [1.165, 1.54) is 40.3 Å². The van der Waals surface area contributed by atoms with E-state index in [9.17, 15) is 18.0 Å². The third-order valence-corrected chi connectivity index (χ3v) is 5.67. The third-order valence-electron chi connectivity index (χ3n) is 3.72. The van der Waals surface area contributed by atoms with Crippen LogP contribution in [-0.2, 0) is 16.7 Å². The highest BCUT2D eigenvalue weighted by molar-refractivity contribution is 8.00. The molecule has 0 saturated heterocycles. The zero-order valence-electron chi connectivity index (χ0n) is 14.9. The van der Waals surface area contributed by atoms with Gasteiger partial charge in [0.15, 0.2) is 0 Å². The first-order chi connectivity index (χ1) is 12.8. The quantitative estimate of drug-likeness (QED) is 0.523. The van der Waals surface area contributed by atoms with Gasteiger partial charge in [-0.1, -0.05) is 35.7 Å². The minimum atomic E-state index is -4.35. The Morgan fingerprint density at radius 3 is 2.19 bits per heavy atom. The summed E-state index contributed by atoms with van der Waals surface area (Å²) in [7, 11) is 0. The number of halogens is 3. The lowest BCUT2D eigenvalue weighted by Crippen LogP contribution is -2.32. The number of nitrogens with zero attached hydrogens (tertiary/aromatic N) is 4. The van der Waals surface area contributed by atoms with Gasteiger partial charge in [0, 0.05) is 18.8 Å². The van der Waals surface area contributed by atoms with Crippen molar-refractivity contribution in [1.29, 1.82) is 0 Å². The van der Waals surface area contributed by atoms with Crippen molar-refractivity contribution >= 4 is 29.4 Å². The maximum atomic E-state index is 12.6. The molecule has 0 bridgehead atoms. The predicted molar refractivity (Wildman–Crippen MR) is 99.8 cm³/mol. The number of nitrogen functional groups attached to an aromatic ring is 1. The fraction of sp³-hybridized carbons (Fsp3) is 0.438. The van der Waals surface area contributed by atoms with Crippen LogP contribution in [0, 0.1) is 0 Å². The first-order valence-corrected chi connectivity index (χ1v) is 10.1. The summed E-state index contributed by atoms with van der Waals surface area (Å²) in [6.07, 6.45) is -4.35. The molecule has 6 nitrogen and oxygen atoms in total. The molecule has 11 heteroatoms. The molecule has 27 heavy (non-hydrogen) atoms. The maximum absolute atomic E-state index is 12.6. The number of carbonyl (C=O) groups is 1. The Morgan fingerprint density at radius 2 is 1.67 bits per heavy atom. The molecule has 0 fully saturated rings. The molecule has 148 valence electrons. The summed E-state index contributed by atoms with van der Waals surface area (Å²) in [6.45, 7) is 5.10. The summed E-state index contributed by atoms with van der Waals surface area (Å²) in [5, 5.41) is 8.78. The van der Waals surface area contributed by atoms with E-state index in [0.29, 0.717) is 34.7 Å². The van der Waals surface area contributed by atoms with Gasteiger partial charge in [-0.15, -0.1) is 10.2 Å². The van der Waals surface area contributed by atoms with Gasteiger partial charge in [0.2, 0.25) is 16.2 Å². The molecule has 0 aliphatic rings. The Kier molecular flexibility index (Phi) is 7.42. The van der Waals surface area contributed by atoms with E-state index >= 15 is 0 Å². The highest BCUT2D eigenvalue weighted by Crippen LogP contribution is 2.30. The Bertz CT molecular complexity index is 760. The van der Waals surface area contributed by atoms with Gasteiger partial charge in [0.1, 0.15) is 0 Å². The minimum absolute atomic E-state index is 0.00745. The smallest absolute Gasteiger partial charge is 0.343 e. The number of amides is 1. The summed E-state index contributed by atoms with van der Waals surface area (Å²) < 4.78 is 39.0. The molecule has 1 aromatic heterocycles. The summed E-state index contributed by atoms with van der Waals surface area (Å²) in [4.78, 5) is 13.7. The lowest BCUT2D eigenvalue weighted by atomic mass is 10.1. The molecule has 2 N–H and O–H groups in total. The topological polar surface area (TPSA) is 77.0 Å². The van der Waals surface area contributed by atoms with E-state index < -0.39 is 11.7 Å². The molecular formula is C16H20F3N5OS2. The molecule has 0 atom stereocenters. The standard InChI is InChI=1S/C16H20F3N5OS2/c1-3-23(4-2)13(25)10-27-15-22-21-14(24(15)20)26-9-11-5-7-12(8-6-11)16(17,18)19/h5-8H,3-4,9-10,20H2,1-2H3. The first kappa shape index (κ1) is 21.4. The summed E-state index contributed by atoms with van der Waals surface area (Å²) >= 11 is 2.45. The van der Waals surface area contributed by atoms with Crippen molar-refractivity contribution in [2.75, 3.05) is 24.7 Å².